The van der Waals surface area contributed by atoms with Gasteiger partial charge < -0.3 is 10.0 Å². The number of benzene rings is 1. The molecule has 0 radical (unpaired) electrons. The average Bonchev–Trinajstić information content (AvgIpc) is 2.69. The first-order valence-corrected chi connectivity index (χ1v) is 5.95. The van der Waals surface area contributed by atoms with Crippen molar-refractivity contribution in [1.29, 1.82) is 0 Å². The van der Waals surface area contributed by atoms with Gasteiger partial charge in [-0.15, -0.1) is 0 Å². The van der Waals surface area contributed by atoms with Crippen LogP contribution in [0.1, 0.15) is 18.4 Å². The van der Waals surface area contributed by atoms with Crippen molar-refractivity contribution in [2.45, 2.75) is 25.3 Å². The third kappa shape index (κ3) is 1.51. The van der Waals surface area contributed by atoms with E-state index in [1.807, 2.05) is 6.07 Å². The molecule has 2 aliphatic rings. The molecule has 0 aliphatic carbocycles. The molecule has 0 aromatic heterocycles. The highest BCUT2D eigenvalue weighted by atomic mass is 19.1. The Bertz CT molecular complexity index is 474. The summed E-state index contributed by atoms with van der Waals surface area (Å²) in [6, 6.07) is 4.98. The van der Waals surface area contributed by atoms with E-state index in [4.69, 9.17) is 0 Å². The quantitative estimate of drug-likeness (QED) is 0.810. The molecule has 2 unspecified atom stereocenters. The normalized spacial score (nSPS) is 26.5. The van der Waals surface area contributed by atoms with Gasteiger partial charge in [0.1, 0.15) is 5.82 Å². The van der Waals surface area contributed by atoms with Gasteiger partial charge in [0.15, 0.2) is 0 Å². The summed E-state index contributed by atoms with van der Waals surface area (Å²) >= 11 is 0. The Balaban J connectivity index is 2.00. The van der Waals surface area contributed by atoms with Gasteiger partial charge in [0.2, 0.25) is 0 Å². The molecule has 1 aromatic rings. The lowest BCUT2D eigenvalue weighted by Gasteiger charge is -2.36. The topological polar surface area (TPSA) is 40.5 Å². The molecule has 1 N–H and O–H groups in total. The molecule has 0 saturated carbocycles. The van der Waals surface area contributed by atoms with Crippen LogP contribution in [0.2, 0.25) is 0 Å². The lowest BCUT2D eigenvalue weighted by molar-refractivity contribution is -0.143. The van der Waals surface area contributed by atoms with E-state index in [0.29, 0.717) is 18.4 Å². The molecule has 90 valence electrons. The van der Waals surface area contributed by atoms with Crippen molar-refractivity contribution < 1.29 is 14.3 Å². The first-order chi connectivity index (χ1) is 8.18. The number of hydrogen-bond donors (Lipinski definition) is 1. The van der Waals surface area contributed by atoms with Crippen LogP contribution in [-0.4, -0.2) is 23.7 Å². The number of nitrogens with zero attached hydrogens (tertiary/aromatic N) is 1. The van der Waals surface area contributed by atoms with E-state index in [2.05, 4.69) is 4.90 Å². The number of rotatable bonds is 1. The fourth-order valence-electron chi connectivity index (χ4n) is 3.12. The summed E-state index contributed by atoms with van der Waals surface area (Å²) in [6.45, 7) is 0.838. The van der Waals surface area contributed by atoms with Gasteiger partial charge in [-0.05, 0) is 31.4 Å². The molecule has 3 rings (SSSR count). The van der Waals surface area contributed by atoms with Gasteiger partial charge in [0, 0.05) is 23.8 Å². The fraction of sp³-hybridized carbons (Fsp3) is 0.462. The number of anilines is 1. The first-order valence-electron chi connectivity index (χ1n) is 5.95. The number of carboxylic acid groups (broad SMARTS) is 1. The third-order valence-corrected chi connectivity index (χ3v) is 3.91. The lowest BCUT2D eigenvalue weighted by atomic mass is 9.88. The Labute approximate surface area is 98.9 Å². The predicted molar refractivity (Wildman–Crippen MR) is 61.6 cm³/mol. The zero-order valence-electron chi connectivity index (χ0n) is 9.40. The Morgan fingerprint density at radius 2 is 2.29 bits per heavy atom. The Morgan fingerprint density at radius 1 is 1.47 bits per heavy atom. The Kier molecular flexibility index (Phi) is 2.31. The molecular formula is C13H14FNO2. The molecule has 0 bridgehead atoms. The van der Waals surface area contributed by atoms with Crippen molar-refractivity contribution in [1.82, 2.24) is 0 Å². The highest BCUT2D eigenvalue weighted by Gasteiger charge is 2.41. The van der Waals surface area contributed by atoms with Crippen LogP contribution in [0, 0.1) is 11.7 Å². The van der Waals surface area contributed by atoms with Crippen molar-refractivity contribution in [3.05, 3.63) is 29.6 Å². The van der Waals surface area contributed by atoms with E-state index >= 15 is 0 Å². The maximum Gasteiger partial charge on any atom is 0.308 e. The van der Waals surface area contributed by atoms with Crippen LogP contribution in [0.15, 0.2) is 18.2 Å². The maximum atomic E-state index is 13.7. The number of halogens is 1. The van der Waals surface area contributed by atoms with Crippen molar-refractivity contribution >= 4 is 11.7 Å². The van der Waals surface area contributed by atoms with Gasteiger partial charge in [-0.2, -0.15) is 0 Å². The van der Waals surface area contributed by atoms with Gasteiger partial charge in [-0.1, -0.05) is 6.07 Å². The molecule has 4 heteroatoms. The Hall–Kier alpha value is -1.58. The zero-order valence-corrected chi connectivity index (χ0v) is 9.40. The number of carboxylic acids is 1. The van der Waals surface area contributed by atoms with Crippen LogP contribution >= 0.6 is 0 Å². The first kappa shape index (κ1) is 10.6. The summed E-state index contributed by atoms with van der Waals surface area (Å²) in [7, 11) is 0. The molecule has 2 heterocycles. The van der Waals surface area contributed by atoms with E-state index in [1.165, 1.54) is 6.07 Å². The molecule has 3 nitrogen and oxygen atoms in total. The van der Waals surface area contributed by atoms with Crippen LogP contribution < -0.4 is 4.90 Å². The maximum absolute atomic E-state index is 13.7. The minimum atomic E-state index is -0.757. The van der Waals surface area contributed by atoms with Crippen LogP contribution in [0.4, 0.5) is 10.1 Å². The van der Waals surface area contributed by atoms with E-state index in [0.717, 1.165) is 18.7 Å². The number of aliphatic carboxylic acids is 1. The van der Waals surface area contributed by atoms with Gasteiger partial charge in [0.05, 0.1) is 5.92 Å². The highest BCUT2D eigenvalue weighted by molar-refractivity contribution is 5.74. The standard InChI is InChI=1S/C13H14FNO2/c14-10-4-1-5-11-9(10)7-12-8(13(16)17)3-2-6-15(11)12/h1,4-5,8,12H,2-3,6-7H2,(H,16,17). The number of piperidine rings is 1. The van der Waals surface area contributed by atoms with Crippen molar-refractivity contribution in [3.8, 4) is 0 Å². The minimum absolute atomic E-state index is 0.0619. The summed E-state index contributed by atoms with van der Waals surface area (Å²) in [5.74, 6) is -1.33. The second-order valence-electron chi connectivity index (χ2n) is 4.79. The summed E-state index contributed by atoms with van der Waals surface area (Å²) in [5.41, 5.74) is 1.58. The lowest BCUT2D eigenvalue weighted by Crippen LogP contribution is -2.46. The number of fused-ring (bicyclic) bond motifs is 3. The molecule has 1 fully saturated rings. The van der Waals surface area contributed by atoms with E-state index in [-0.39, 0.29) is 17.8 Å². The van der Waals surface area contributed by atoms with Crippen LogP contribution in [0.5, 0.6) is 0 Å². The molecule has 0 spiro atoms. The van der Waals surface area contributed by atoms with Crippen LogP contribution in [-0.2, 0) is 11.2 Å². The summed E-state index contributed by atoms with van der Waals surface area (Å²) < 4.78 is 13.7. The molecule has 1 saturated heterocycles. The second-order valence-corrected chi connectivity index (χ2v) is 4.79. The predicted octanol–water partition coefficient (Wildman–Crippen LogP) is 2.05. The summed E-state index contributed by atoms with van der Waals surface area (Å²) in [4.78, 5) is 13.3. The van der Waals surface area contributed by atoms with Crippen LogP contribution in [0.3, 0.4) is 0 Å². The monoisotopic (exact) mass is 235 g/mol. The third-order valence-electron chi connectivity index (χ3n) is 3.91. The SMILES string of the molecule is O=C(O)C1CCCN2c3cccc(F)c3CC12. The average molecular weight is 235 g/mol. The molecular weight excluding hydrogens is 221 g/mol. The second kappa shape index (κ2) is 3.72. The molecule has 2 aliphatic heterocycles. The minimum Gasteiger partial charge on any atom is -0.481 e. The van der Waals surface area contributed by atoms with Crippen molar-refractivity contribution in [2.75, 3.05) is 11.4 Å². The van der Waals surface area contributed by atoms with Crippen molar-refractivity contribution in [3.63, 3.8) is 0 Å². The zero-order chi connectivity index (χ0) is 12.0. The largest absolute Gasteiger partial charge is 0.481 e. The van der Waals surface area contributed by atoms with Gasteiger partial charge >= 0.3 is 5.97 Å². The van der Waals surface area contributed by atoms with Crippen LogP contribution in [0.25, 0.3) is 0 Å². The van der Waals surface area contributed by atoms with E-state index in [9.17, 15) is 14.3 Å². The molecule has 2 atom stereocenters. The molecule has 17 heavy (non-hydrogen) atoms. The summed E-state index contributed by atoms with van der Waals surface area (Å²) in [5, 5.41) is 9.21. The summed E-state index contributed by atoms with van der Waals surface area (Å²) in [6.07, 6.45) is 2.09. The van der Waals surface area contributed by atoms with Gasteiger partial charge in [-0.25, -0.2) is 4.39 Å². The van der Waals surface area contributed by atoms with Gasteiger partial charge in [-0.3, -0.25) is 4.79 Å². The van der Waals surface area contributed by atoms with Gasteiger partial charge in [0.25, 0.3) is 0 Å². The van der Waals surface area contributed by atoms with E-state index < -0.39 is 5.97 Å². The smallest absolute Gasteiger partial charge is 0.308 e. The number of carbonyl (C=O) groups is 1. The molecule has 0 amide bonds. The Morgan fingerprint density at radius 3 is 3.06 bits per heavy atom. The molecule has 1 aromatic carbocycles. The highest BCUT2D eigenvalue weighted by Crippen LogP contribution is 2.40. The fourth-order valence-corrected chi connectivity index (χ4v) is 3.12. The number of hydrogen-bond acceptors (Lipinski definition) is 2. The van der Waals surface area contributed by atoms with E-state index in [1.54, 1.807) is 6.07 Å². The van der Waals surface area contributed by atoms with Crippen molar-refractivity contribution in [2.24, 2.45) is 5.92 Å².